The molecule has 0 atom stereocenters. The number of ether oxygens (including phenoxy) is 2. The van der Waals surface area contributed by atoms with Crippen molar-refractivity contribution >= 4 is 24.2 Å². The van der Waals surface area contributed by atoms with Crippen LogP contribution >= 0.6 is 12.6 Å². The Kier molecular flexibility index (Phi) is 4.70. The Morgan fingerprint density at radius 1 is 1.10 bits per heavy atom. The summed E-state index contributed by atoms with van der Waals surface area (Å²) in [6.45, 7) is 0. The summed E-state index contributed by atoms with van der Waals surface area (Å²) in [5.74, 6) is 0.234. The number of halogens is 1. The molecule has 0 bridgehead atoms. The average molecular weight is 307 g/mol. The Morgan fingerprint density at radius 2 is 1.81 bits per heavy atom. The van der Waals surface area contributed by atoms with E-state index >= 15 is 0 Å². The summed E-state index contributed by atoms with van der Waals surface area (Å²) in [5.41, 5.74) is 0.860. The number of carbonyl (C=O) groups excluding carboxylic acids is 1. The summed E-state index contributed by atoms with van der Waals surface area (Å²) >= 11 is 3.95. The summed E-state index contributed by atoms with van der Waals surface area (Å²) in [6.07, 6.45) is 0. The third kappa shape index (κ3) is 3.46. The van der Waals surface area contributed by atoms with Crippen molar-refractivity contribution in [2.75, 3.05) is 19.5 Å². The van der Waals surface area contributed by atoms with E-state index in [9.17, 15) is 9.18 Å². The van der Waals surface area contributed by atoms with Crippen molar-refractivity contribution in [3.63, 3.8) is 0 Å². The molecule has 110 valence electrons. The quantitative estimate of drug-likeness (QED) is 0.851. The van der Waals surface area contributed by atoms with Crippen LogP contribution < -0.4 is 14.8 Å². The molecule has 0 aliphatic carbocycles. The number of benzene rings is 2. The van der Waals surface area contributed by atoms with Crippen LogP contribution in [0.4, 0.5) is 10.1 Å². The minimum atomic E-state index is -0.471. The molecule has 6 heteroatoms. The zero-order valence-corrected chi connectivity index (χ0v) is 12.4. The van der Waals surface area contributed by atoms with Gasteiger partial charge in [-0.15, -0.1) is 12.6 Å². The van der Waals surface area contributed by atoms with E-state index in [1.54, 1.807) is 18.2 Å². The Hall–Kier alpha value is -2.21. The van der Waals surface area contributed by atoms with Gasteiger partial charge in [0.25, 0.3) is 5.91 Å². The molecule has 2 aromatic rings. The van der Waals surface area contributed by atoms with Gasteiger partial charge in [0.05, 0.1) is 14.2 Å². The van der Waals surface area contributed by atoms with Crippen LogP contribution in [0.3, 0.4) is 0 Å². The van der Waals surface area contributed by atoms with Gasteiger partial charge in [-0.25, -0.2) is 4.39 Å². The Balaban J connectivity index is 2.21. The molecule has 0 heterocycles. The minimum Gasteiger partial charge on any atom is -0.493 e. The standard InChI is InChI=1S/C15H14FNO3S/c1-19-12-6-4-10(8-13(12)20-2)17-15(18)9-3-5-11(16)14(21)7-9/h3-8,21H,1-2H3,(H,17,18). The fraction of sp³-hybridized carbons (Fsp3) is 0.133. The zero-order chi connectivity index (χ0) is 15.4. The lowest BCUT2D eigenvalue weighted by atomic mass is 10.2. The second-order valence-electron chi connectivity index (χ2n) is 4.19. The zero-order valence-electron chi connectivity index (χ0n) is 11.5. The molecule has 4 nitrogen and oxygen atoms in total. The van der Waals surface area contributed by atoms with E-state index in [1.165, 1.54) is 32.4 Å². The van der Waals surface area contributed by atoms with Gasteiger partial charge in [0.1, 0.15) is 5.82 Å². The first-order valence-corrected chi connectivity index (χ1v) is 6.51. The first-order valence-electron chi connectivity index (χ1n) is 6.07. The summed E-state index contributed by atoms with van der Waals surface area (Å²) in [4.78, 5) is 12.2. The van der Waals surface area contributed by atoms with E-state index < -0.39 is 5.82 Å². The molecule has 0 fully saturated rings. The fourth-order valence-corrected chi connectivity index (χ4v) is 1.98. The largest absolute Gasteiger partial charge is 0.493 e. The molecular weight excluding hydrogens is 293 g/mol. The lowest BCUT2D eigenvalue weighted by Crippen LogP contribution is -2.12. The van der Waals surface area contributed by atoms with Gasteiger partial charge in [-0.05, 0) is 30.3 Å². The van der Waals surface area contributed by atoms with E-state index in [-0.39, 0.29) is 10.8 Å². The number of thiol groups is 1. The van der Waals surface area contributed by atoms with Crippen molar-refractivity contribution in [2.45, 2.75) is 4.90 Å². The number of methoxy groups -OCH3 is 2. The number of nitrogens with one attached hydrogen (secondary N) is 1. The maximum Gasteiger partial charge on any atom is 0.255 e. The predicted octanol–water partition coefficient (Wildman–Crippen LogP) is 3.38. The second kappa shape index (κ2) is 6.49. The second-order valence-corrected chi connectivity index (χ2v) is 4.67. The highest BCUT2D eigenvalue weighted by atomic mass is 32.1. The van der Waals surface area contributed by atoms with Crippen LogP contribution in [-0.4, -0.2) is 20.1 Å². The van der Waals surface area contributed by atoms with Gasteiger partial charge >= 0.3 is 0 Å². The van der Waals surface area contributed by atoms with E-state index in [1.807, 2.05) is 0 Å². The van der Waals surface area contributed by atoms with Gasteiger partial charge in [-0.1, -0.05) is 0 Å². The van der Waals surface area contributed by atoms with E-state index in [0.717, 1.165) is 0 Å². The summed E-state index contributed by atoms with van der Waals surface area (Å²) in [5, 5.41) is 2.70. The molecule has 2 aromatic carbocycles. The topological polar surface area (TPSA) is 47.6 Å². The molecule has 0 saturated carbocycles. The van der Waals surface area contributed by atoms with Gasteiger partial charge in [-0.2, -0.15) is 0 Å². The fourth-order valence-electron chi connectivity index (χ4n) is 1.77. The first-order chi connectivity index (χ1) is 10.0. The van der Waals surface area contributed by atoms with Crippen LogP contribution in [0.25, 0.3) is 0 Å². The van der Waals surface area contributed by atoms with Crippen molar-refractivity contribution < 1.29 is 18.7 Å². The van der Waals surface area contributed by atoms with Crippen LogP contribution in [-0.2, 0) is 0 Å². The van der Waals surface area contributed by atoms with Gasteiger partial charge in [-0.3, -0.25) is 4.79 Å². The number of carbonyl (C=O) groups is 1. The molecule has 0 aliphatic heterocycles. The van der Waals surface area contributed by atoms with Crippen LogP contribution in [0.2, 0.25) is 0 Å². The van der Waals surface area contributed by atoms with Crippen molar-refractivity contribution in [2.24, 2.45) is 0 Å². The maximum absolute atomic E-state index is 13.1. The third-order valence-corrected chi connectivity index (χ3v) is 3.19. The van der Waals surface area contributed by atoms with Crippen molar-refractivity contribution in [1.29, 1.82) is 0 Å². The normalized spacial score (nSPS) is 10.1. The van der Waals surface area contributed by atoms with E-state index in [4.69, 9.17) is 9.47 Å². The molecular formula is C15H14FNO3S. The van der Waals surface area contributed by atoms with Gasteiger partial charge in [0, 0.05) is 22.2 Å². The lowest BCUT2D eigenvalue weighted by Gasteiger charge is -2.11. The van der Waals surface area contributed by atoms with E-state index in [0.29, 0.717) is 22.7 Å². The monoisotopic (exact) mass is 307 g/mol. The Morgan fingerprint density at radius 3 is 2.43 bits per heavy atom. The highest BCUT2D eigenvalue weighted by Gasteiger charge is 2.10. The summed E-state index contributed by atoms with van der Waals surface area (Å²) < 4.78 is 23.4. The van der Waals surface area contributed by atoms with Crippen molar-refractivity contribution in [1.82, 2.24) is 0 Å². The Labute approximate surface area is 127 Å². The summed E-state index contributed by atoms with van der Waals surface area (Å²) in [6, 6.07) is 8.97. The first kappa shape index (κ1) is 15.2. The minimum absolute atomic E-state index is 0.120. The van der Waals surface area contributed by atoms with Gasteiger partial charge in [0.15, 0.2) is 11.5 Å². The molecule has 0 aromatic heterocycles. The maximum atomic E-state index is 13.1. The smallest absolute Gasteiger partial charge is 0.255 e. The Bertz CT molecular complexity index is 676. The molecule has 0 unspecified atom stereocenters. The molecule has 2 rings (SSSR count). The molecule has 1 N–H and O–H groups in total. The molecule has 21 heavy (non-hydrogen) atoms. The molecule has 1 amide bonds. The highest BCUT2D eigenvalue weighted by molar-refractivity contribution is 7.80. The number of hydrogen-bond acceptors (Lipinski definition) is 4. The number of hydrogen-bond donors (Lipinski definition) is 2. The van der Waals surface area contributed by atoms with Gasteiger partial charge < -0.3 is 14.8 Å². The predicted molar refractivity (Wildman–Crippen MR) is 81.2 cm³/mol. The molecule has 0 saturated heterocycles. The van der Waals surface area contributed by atoms with Crippen LogP contribution in [0.5, 0.6) is 11.5 Å². The lowest BCUT2D eigenvalue weighted by molar-refractivity contribution is 0.102. The highest BCUT2D eigenvalue weighted by Crippen LogP contribution is 2.30. The van der Waals surface area contributed by atoms with Crippen molar-refractivity contribution in [3.8, 4) is 11.5 Å². The number of rotatable bonds is 4. The summed E-state index contributed by atoms with van der Waals surface area (Å²) in [7, 11) is 3.04. The molecule has 0 spiro atoms. The SMILES string of the molecule is COc1ccc(NC(=O)c2ccc(F)c(S)c2)cc1OC. The molecule has 0 aliphatic rings. The van der Waals surface area contributed by atoms with Crippen LogP contribution in [0.15, 0.2) is 41.3 Å². The number of amides is 1. The van der Waals surface area contributed by atoms with Crippen LogP contribution in [0.1, 0.15) is 10.4 Å². The average Bonchev–Trinajstić information content (AvgIpc) is 2.49. The van der Waals surface area contributed by atoms with Crippen LogP contribution in [0, 0.1) is 5.82 Å². The molecule has 0 radical (unpaired) electrons. The van der Waals surface area contributed by atoms with Gasteiger partial charge in [0.2, 0.25) is 0 Å². The number of anilines is 1. The van der Waals surface area contributed by atoms with E-state index in [2.05, 4.69) is 17.9 Å². The third-order valence-electron chi connectivity index (χ3n) is 2.85. The van der Waals surface area contributed by atoms with Crippen molar-refractivity contribution in [3.05, 3.63) is 47.8 Å².